The van der Waals surface area contributed by atoms with Crippen LogP contribution < -0.4 is 10.1 Å². The molecular weight excluding hydrogens is 254 g/mol. The Morgan fingerprint density at radius 1 is 1.40 bits per heavy atom. The molecule has 0 spiro atoms. The van der Waals surface area contributed by atoms with Gasteiger partial charge in [0.25, 0.3) is 5.91 Å². The molecule has 5 nitrogen and oxygen atoms in total. The number of carbonyl (C=O) groups is 1. The Morgan fingerprint density at radius 2 is 2.20 bits per heavy atom. The minimum Gasteiger partial charge on any atom is -0.495 e. The minimum absolute atomic E-state index is 0.245. The van der Waals surface area contributed by atoms with E-state index in [1.807, 2.05) is 25.1 Å². The molecule has 5 heteroatoms. The topological polar surface area (TPSA) is 67.0 Å². The van der Waals surface area contributed by atoms with Crippen LogP contribution in [0.25, 0.3) is 0 Å². The molecule has 0 aliphatic carbocycles. The van der Waals surface area contributed by atoms with Gasteiger partial charge in [-0.15, -0.1) is 0 Å². The molecule has 1 heterocycles. The van der Waals surface area contributed by atoms with E-state index in [4.69, 9.17) is 4.74 Å². The number of aromatic amines is 1. The Bertz CT molecular complexity index is 605. The first kappa shape index (κ1) is 14.1. The number of rotatable bonds is 5. The second kappa shape index (κ2) is 6.23. The Kier molecular flexibility index (Phi) is 4.40. The lowest BCUT2D eigenvalue weighted by Crippen LogP contribution is -2.13. The minimum atomic E-state index is -0.245. The standard InChI is InChI=1S/C15H19N3O2/c1-4-5-11-9-13(18-17-11)15(19)16-12-7-6-10(2)8-14(12)20-3/h6-9H,4-5H2,1-3H3,(H,16,19)(H,17,18). The van der Waals surface area contributed by atoms with Crippen molar-refractivity contribution in [1.29, 1.82) is 0 Å². The highest BCUT2D eigenvalue weighted by molar-refractivity contribution is 6.03. The zero-order chi connectivity index (χ0) is 14.5. The predicted molar refractivity (Wildman–Crippen MR) is 78.3 cm³/mol. The Hall–Kier alpha value is -2.30. The molecule has 0 saturated heterocycles. The lowest BCUT2D eigenvalue weighted by atomic mass is 10.2. The number of aromatic nitrogens is 2. The molecule has 106 valence electrons. The van der Waals surface area contributed by atoms with Gasteiger partial charge in [0, 0.05) is 5.69 Å². The zero-order valence-electron chi connectivity index (χ0n) is 12.0. The van der Waals surface area contributed by atoms with Gasteiger partial charge in [-0.25, -0.2) is 0 Å². The molecule has 0 radical (unpaired) electrons. The summed E-state index contributed by atoms with van der Waals surface area (Å²) in [5.41, 5.74) is 3.07. The van der Waals surface area contributed by atoms with Crippen molar-refractivity contribution in [3.63, 3.8) is 0 Å². The largest absolute Gasteiger partial charge is 0.495 e. The maximum atomic E-state index is 12.1. The first-order valence-corrected chi connectivity index (χ1v) is 6.64. The fraction of sp³-hybridized carbons (Fsp3) is 0.333. The summed E-state index contributed by atoms with van der Waals surface area (Å²) < 4.78 is 5.26. The highest BCUT2D eigenvalue weighted by Gasteiger charge is 2.13. The van der Waals surface area contributed by atoms with Gasteiger partial charge in [0.15, 0.2) is 5.69 Å². The average molecular weight is 273 g/mol. The molecule has 2 aromatic rings. The normalized spacial score (nSPS) is 10.3. The second-order valence-corrected chi connectivity index (χ2v) is 4.69. The molecule has 0 bridgehead atoms. The number of nitrogens with zero attached hydrogens (tertiary/aromatic N) is 1. The van der Waals surface area contributed by atoms with Crippen molar-refractivity contribution < 1.29 is 9.53 Å². The number of benzene rings is 1. The van der Waals surface area contributed by atoms with Crippen LogP contribution in [0.15, 0.2) is 24.3 Å². The molecule has 20 heavy (non-hydrogen) atoms. The van der Waals surface area contributed by atoms with Crippen LogP contribution in [0.3, 0.4) is 0 Å². The van der Waals surface area contributed by atoms with Crippen molar-refractivity contribution >= 4 is 11.6 Å². The zero-order valence-corrected chi connectivity index (χ0v) is 12.0. The molecule has 1 amide bonds. The van der Waals surface area contributed by atoms with E-state index in [9.17, 15) is 4.79 Å². The highest BCUT2D eigenvalue weighted by Crippen LogP contribution is 2.25. The van der Waals surface area contributed by atoms with E-state index < -0.39 is 0 Å². The van der Waals surface area contributed by atoms with Crippen molar-refractivity contribution in [1.82, 2.24) is 10.2 Å². The third-order valence-corrected chi connectivity index (χ3v) is 2.99. The monoisotopic (exact) mass is 273 g/mol. The summed E-state index contributed by atoms with van der Waals surface area (Å²) in [5.74, 6) is 0.397. The van der Waals surface area contributed by atoms with Crippen LogP contribution in [0.2, 0.25) is 0 Å². The van der Waals surface area contributed by atoms with Crippen molar-refractivity contribution in [3.05, 3.63) is 41.2 Å². The van der Waals surface area contributed by atoms with Gasteiger partial charge < -0.3 is 10.1 Å². The number of nitrogens with one attached hydrogen (secondary N) is 2. The number of ether oxygens (including phenoxy) is 1. The Morgan fingerprint density at radius 3 is 2.90 bits per heavy atom. The first-order valence-electron chi connectivity index (χ1n) is 6.64. The van der Waals surface area contributed by atoms with Crippen LogP contribution in [0.4, 0.5) is 5.69 Å². The van der Waals surface area contributed by atoms with E-state index in [0.717, 1.165) is 24.1 Å². The van der Waals surface area contributed by atoms with Gasteiger partial charge >= 0.3 is 0 Å². The lowest BCUT2D eigenvalue weighted by molar-refractivity contribution is 0.102. The summed E-state index contributed by atoms with van der Waals surface area (Å²) in [5, 5.41) is 9.71. The smallest absolute Gasteiger partial charge is 0.276 e. The van der Waals surface area contributed by atoms with Gasteiger partial charge in [0.2, 0.25) is 0 Å². The molecule has 2 rings (SSSR count). The SMILES string of the molecule is CCCc1cc(C(=O)Nc2ccc(C)cc2OC)n[nH]1. The molecule has 2 N–H and O–H groups in total. The summed E-state index contributed by atoms with van der Waals surface area (Å²) in [4.78, 5) is 12.1. The van der Waals surface area contributed by atoms with E-state index in [-0.39, 0.29) is 5.91 Å². The highest BCUT2D eigenvalue weighted by atomic mass is 16.5. The van der Waals surface area contributed by atoms with E-state index >= 15 is 0 Å². The van der Waals surface area contributed by atoms with Gasteiger partial charge in [0.05, 0.1) is 12.8 Å². The van der Waals surface area contributed by atoms with Crippen LogP contribution in [-0.4, -0.2) is 23.2 Å². The average Bonchev–Trinajstić information content (AvgIpc) is 2.90. The van der Waals surface area contributed by atoms with Crippen molar-refractivity contribution in [2.75, 3.05) is 12.4 Å². The molecule has 1 aromatic carbocycles. The van der Waals surface area contributed by atoms with Gasteiger partial charge in [0.1, 0.15) is 5.75 Å². The third kappa shape index (κ3) is 3.17. The molecule has 0 aliphatic rings. The maximum Gasteiger partial charge on any atom is 0.276 e. The Balaban J connectivity index is 2.14. The maximum absolute atomic E-state index is 12.1. The number of methoxy groups -OCH3 is 1. The fourth-order valence-electron chi connectivity index (χ4n) is 1.96. The molecule has 0 atom stereocenters. The fourth-order valence-corrected chi connectivity index (χ4v) is 1.96. The number of hydrogen-bond donors (Lipinski definition) is 2. The summed E-state index contributed by atoms with van der Waals surface area (Å²) in [6, 6.07) is 7.40. The van der Waals surface area contributed by atoms with Crippen LogP contribution in [0, 0.1) is 6.92 Å². The molecule has 0 unspecified atom stereocenters. The summed E-state index contributed by atoms with van der Waals surface area (Å²) in [7, 11) is 1.58. The number of amides is 1. The number of carbonyl (C=O) groups excluding carboxylic acids is 1. The quantitative estimate of drug-likeness (QED) is 0.880. The van der Waals surface area contributed by atoms with Crippen LogP contribution in [0.1, 0.15) is 35.1 Å². The molecule has 0 aliphatic heterocycles. The van der Waals surface area contributed by atoms with E-state index in [0.29, 0.717) is 17.1 Å². The third-order valence-electron chi connectivity index (χ3n) is 2.99. The van der Waals surface area contributed by atoms with Crippen LogP contribution in [-0.2, 0) is 6.42 Å². The summed E-state index contributed by atoms with van der Waals surface area (Å²) in [6.45, 7) is 4.05. The number of anilines is 1. The van der Waals surface area contributed by atoms with Gasteiger partial charge in [-0.1, -0.05) is 19.4 Å². The second-order valence-electron chi connectivity index (χ2n) is 4.69. The summed E-state index contributed by atoms with van der Waals surface area (Å²) >= 11 is 0. The predicted octanol–water partition coefficient (Wildman–Crippen LogP) is 2.93. The van der Waals surface area contributed by atoms with Crippen LogP contribution in [0.5, 0.6) is 5.75 Å². The molecule has 1 aromatic heterocycles. The lowest BCUT2D eigenvalue weighted by Gasteiger charge is -2.09. The molecule has 0 fully saturated rings. The number of H-pyrrole nitrogens is 1. The number of aryl methyl sites for hydroxylation is 2. The molecular formula is C15H19N3O2. The van der Waals surface area contributed by atoms with Crippen molar-refractivity contribution in [3.8, 4) is 5.75 Å². The van der Waals surface area contributed by atoms with Crippen molar-refractivity contribution in [2.24, 2.45) is 0 Å². The van der Waals surface area contributed by atoms with Crippen molar-refractivity contribution in [2.45, 2.75) is 26.7 Å². The molecule has 0 saturated carbocycles. The number of hydrogen-bond acceptors (Lipinski definition) is 3. The Labute approximate surface area is 118 Å². The van der Waals surface area contributed by atoms with E-state index in [2.05, 4.69) is 22.4 Å². The summed E-state index contributed by atoms with van der Waals surface area (Å²) in [6.07, 6.45) is 1.89. The van der Waals surface area contributed by atoms with E-state index in [1.165, 1.54) is 0 Å². The van der Waals surface area contributed by atoms with E-state index in [1.54, 1.807) is 13.2 Å². The first-order chi connectivity index (χ1) is 9.63. The van der Waals surface area contributed by atoms with Gasteiger partial charge in [-0.2, -0.15) is 5.10 Å². The van der Waals surface area contributed by atoms with Gasteiger partial charge in [-0.05, 0) is 37.1 Å². The van der Waals surface area contributed by atoms with Crippen LogP contribution >= 0.6 is 0 Å². The van der Waals surface area contributed by atoms with Gasteiger partial charge in [-0.3, -0.25) is 9.89 Å².